The van der Waals surface area contributed by atoms with E-state index in [1.54, 1.807) is 6.07 Å². The third kappa shape index (κ3) is 4.16. The van der Waals surface area contributed by atoms with Crippen LogP contribution in [0.2, 0.25) is 0 Å². The molecule has 1 saturated heterocycles. The van der Waals surface area contributed by atoms with E-state index >= 15 is 0 Å². The van der Waals surface area contributed by atoms with Crippen molar-refractivity contribution in [2.45, 2.75) is 4.90 Å². The molecule has 0 bridgehead atoms. The number of carbonyl (C=O) groups is 2. The molecule has 0 aliphatic carbocycles. The van der Waals surface area contributed by atoms with Crippen LogP contribution in [0.3, 0.4) is 0 Å². The Kier molecular flexibility index (Phi) is 5.54. The highest BCUT2D eigenvalue weighted by Crippen LogP contribution is 2.20. The number of anilines is 1. The number of amides is 1. The number of nitrogens with zero attached hydrogens (tertiary/aromatic N) is 1. The third-order valence-electron chi connectivity index (χ3n) is 4.12. The highest BCUT2D eigenvalue weighted by Gasteiger charge is 2.26. The van der Waals surface area contributed by atoms with Crippen molar-refractivity contribution in [1.82, 2.24) is 4.31 Å². The molecule has 0 unspecified atom stereocenters. The van der Waals surface area contributed by atoms with Gasteiger partial charge in [-0.3, -0.25) is 4.79 Å². The molecule has 1 amide bonds. The summed E-state index contributed by atoms with van der Waals surface area (Å²) in [6, 6.07) is 11.6. The smallest absolute Gasteiger partial charge is 0.336 e. The van der Waals surface area contributed by atoms with Gasteiger partial charge in [0.25, 0.3) is 5.91 Å². The average molecular weight is 390 g/mol. The Labute approximate surface area is 156 Å². The number of benzene rings is 2. The molecule has 0 atom stereocenters. The molecule has 0 radical (unpaired) electrons. The average Bonchev–Trinajstić information content (AvgIpc) is 2.69. The number of carboxylic acids is 1. The van der Waals surface area contributed by atoms with Gasteiger partial charge in [-0.25, -0.2) is 13.2 Å². The first-order chi connectivity index (χ1) is 12.9. The number of carbonyl (C=O) groups excluding carboxylic acids is 1. The lowest BCUT2D eigenvalue weighted by atomic mass is 10.1. The second-order valence-corrected chi connectivity index (χ2v) is 7.78. The van der Waals surface area contributed by atoms with Gasteiger partial charge in [-0.2, -0.15) is 4.31 Å². The maximum Gasteiger partial charge on any atom is 0.336 e. The van der Waals surface area contributed by atoms with E-state index < -0.39 is 21.9 Å². The number of morpholine rings is 1. The van der Waals surface area contributed by atoms with Gasteiger partial charge in [0.15, 0.2) is 0 Å². The largest absolute Gasteiger partial charge is 0.478 e. The summed E-state index contributed by atoms with van der Waals surface area (Å²) in [5.41, 5.74) is 0.276. The molecular weight excluding hydrogens is 372 g/mol. The topological polar surface area (TPSA) is 113 Å². The first-order valence-electron chi connectivity index (χ1n) is 8.21. The van der Waals surface area contributed by atoms with Crippen molar-refractivity contribution in [3.8, 4) is 0 Å². The first-order valence-corrected chi connectivity index (χ1v) is 9.65. The molecular formula is C18H18N2O6S. The van der Waals surface area contributed by atoms with Gasteiger partial charge < -0.3 is 15.2 Å². The summed E-state index contributed by atoms with van der Waals surface area (Å²) in [6.07, 6.45) is 0. The summed E-state index contributed by atoms with van der Waals surface area (Å²) < 4.78 is 31.7. The van der Waals surface area contributed by atoms with E-state index in [-0.39, 0.29) is 16.0 Å². The van der Waals surface area contributed by atoms with Crippen LogP contribution in [0.25, 0.3) is 0 Å². The van der Waals surface area contributed by atoms with E-state index in [1.165, 1.54) is 46.8 Å². The number of aromatic carboxylic acids is 1. The van der Waals surface area contributed by atoms with Crippen LogP contribution in [0.5, 0.6) is 0 Å². The normalized spacial score (nSPS) is 15.3. The number of hydrogen-bond donors (Lipinski definition) is 2. The quantitative estimate of drug-likeness (QED) is 0.803. The van der Waals surface area contributed by atoms with E-state index in [1.807, 2.05) is 0 Å². The zero-order valence-corrected chi connectivity index (χ0v) is 15.1. The van der Waals surface area contributed by atoms with Crippen LogP contribution < -0.4 is 5.32 Å². The molecule has 1 heterocycles. The van der Waals surface area contributed by atoms with Gasteiger partial charge in [-0.15, -0.1) is 0 Å². The molecule has 9 heteroatoms. The number of hydrogen-bond acceptors (Lipinski definition) is 5. The highest BCUT2D eigenvalue weighted by atomic mass is 32.2. The lowest BCUT2D eigenvalue weighted by Crippen LogP contribution is -2.40. The Morgan fingerprint density at radius 2 is 1.56 bits per heavy atom. The molecule has 27 heavy (non-hydrogen) atoms. The molecule has 1 fully saturated rings. The minimum atomic E-state index is -3.61. The summed E-state index contributed by atoms with van der Waals surface area (Å²) in [7, 11) is -3.61. The number of sulfonamides is 1. The third-order valence-corrected chi connectivity index (χ3v) is 6.03. The maximum absolute atomic E-state index is 12.6. The minimum absolute atomic E-state index is 0.0232. The summed E-state index contributed by atoms with van der Waals surface area (Å²) in [4.78, 5) is 23.7. The van der Waals surface area contributed by atoms with Crippen molar-refractivity contribution < 1.29 is 27.9 Å². The van der Waals surface area contributed by atoms with Crippen LogP contribution in [-0.4, -0.2) is 56.0 Å². The number of nitrogens with one attached hydrogen (secondary N) is 1. The van der Waals surface area contributed by atoms with Crippen LogP contribution in [0, 0.1) is 0 Å². The highest BCUT2D eigenvalue weighted by molar-refractivity contribution is 7.89. The fourth-order valence-corrected chi connectivity index (χ4v) is 4.12. The lowest BCUT2D eigenvalue weighted by molar-refractivity contribution is 0.0692. The monoisotopic (exact) mass is 390 g/mol. The predicted octanol–water partition coefficient (Wildman–Crippen LogP) is 1.66. The standard InChI is InChI=1S/C18H18N2O6S/c21-17(15-3-1-2-4-16(15)18(22)23)19-13-5-7-14(8-6-13)27(24,25)20-9-11-26-12-10-20/h1-8H,9-12H2,(H,19,21)(H,22,23). The minimum Gasteiger partial charge on any atom is -0.478 e. The van der Waals surface area contributed by atoms with Crippen LogP contribution in [0.15, 0.2) is 53.4 Å². The van der Waals surface area contributed by atoms with Crippen molar-refractivity contribution in [1.29, 1.82) is 0 Å². The van der Waals surface area contributed by atoms with Crippen LogP contribution in [0.1, 0.15) is 20.7 Å². The maximum atomic E-state index is 12.6. The summed E-state index contributed by atoms with van der Waals surface area (Å²) >= 11 is 0. The van der Waals surface area contributed by atoms with Gasteiger partial charge in [0.05, 0.1) is 29.2 Å². The van der Waals surface area contributed by atoms with Crippen molar-refractivity contribution in [3.63, 3.8) is 0 Å². The van der Waals surface area contributed by atoms with Crippen molar-refractivity contribution >= 4 is 27.6 Å². The predicted molar refractivity (Wildman–Crippen MR) is 97.4 cm³/mol. The Balaban J connectivity index is 1.76. The molecule has 3 rings (SSSR count). The fourth-order valence-electron chi connectivity index (χ4n) is 2.71. The molecule has 2 aromatic rings. The second kappa shape index (κ2) is 7.87. The molecule has 0 spiro atoms. The first kappa shape index (κ1) is 19.0. The molecule has 1 aliphatic heterocycles. The molecule has 1 aliphatic rings. The Morgan fingerprint density at radius 1 is 0.963 bits per heavy atom. The Morgan fingerprint density at radius 3 is 2.15 bits per heavy atom. The SMILES string of the molecule is O=C(O)c1ccccc1C(=O)Nc1ccc(S(=O)(=O)N2CCOCC2)cc1. The zero-order valence-electron chi connectivity index (χ0n) is 14.3. The van der Waals surface area contributed by atoms with Gasteiger partial charge in [0.1, 0.15) is 0 Å². The van der Waals surface area contributed by atoms with Gasteiger partial charge >= 0.3 is 5.97 Å². The fraction of sp³-hybridized carbons (Fsp3) is 0.222. The zero-order chi connectivity index (χ0) is 19.4. The van der Waals surface area contributed by atoms with E-state index in [4.69, 9.17) is 4.74 Å². The van der Waals surface area contributed by atoms with Crippen LogP contribution in [-0.2, 0) is 14.8 Å². The second-order valence-electron chi connectivity index (χ2n) is 5.85. The van der Waals surface area contributed by atoms with Crippen molar-refractivity contribution in [3.05, 3.63) is 59.7 Å². The van der Waals surface area contributed by atoms with Gasteiger partial charge in [0, 0.05) is 18.8 Å². The van der Waals surface area contributed by atoms with E-state index in [0.29, 0.717) is 32.0 Å². The molecule has 142 valence electrons. The summed E-state index contributed by atoms with van der Waals surface area (Å²) in [6.45, 7) is 1.31. The van der Waals surface area contributed by atoms with Gasteiger partial charge in [-0.1, -0.05) is 12.1 Å². The molecule has 0 saturated carbocycles. The number of rotatable bonds is 5. The Hall–Kier alpha value is -2.75. The number of carboxylic acid groups (broad SMARTS) is 1. The van der Waals surface area contributed by atoms with E-state index in [0.717, 1.165) is 0 Å². The molecule has 2 aromatic carbocycles. The van der Waals surface area contributed by atoms with E-state index in [9.17, 15) is 23.1 Å². The molecule has 0 aromatic heterocycles. The van der Waals surface area contributed by atoms with Gasteiger partial charge in [0.2, 0.25) is 10.0 Å². The van der Waals surface area contributed by atoms with E-state index in [2.05, 4.69) is 5.32 Å². The van der Waals surface area contributed by atoms with Gasteiger partial charge in [-0.05, 0) is 36.4 Å². The van der Waals surface area contributed by atoms with Crippen LogP contribution in [0.4, 0.5) is 5.69 Å². The van der Waals surface area contributed by atoms with Crippen molar-refractivity contribution in [2.75, 3.05) is 31.6 Å². The van der Waals surface area contributed by atoms with Crippen LogP contribution >= 0.6 is 0 Å². The Bertz CT molecular complexity index is 950. The number of ether oxygens (including phenoxy) is 1. The molecule has 8 nitrogen and oxygen atoms in total. The summed E-state index contributed by atoms with van der Waals surface area (Å²) in [5, 5.41) is 11.8. The lowest BCUT2D eigenvalue weighted by Gasteiger charge is -2.26. The molecule has 2 N–H and O–H groups in total. The summed E-state index contributed by atoms with van der Waals surface area (Å²) in [5.74, 6) is -1.79. The van der Waals surface area contributed by atoms with Crippen molar-refractivity contribution in [2.24, 2.45) is 0 Å².